The van der Waals surface area contributed by atoms with Crippen molar-refractivity contribution in [2.24, 2.45) is 0 Å². The van der Waals surface area contributed by atoms with Crippen molar-refractivity contribution in [2.45, 2.75) is 100 Å². The summed E-state index contributed by atoms with van der Waals surface area (Å²) in [4.78, 5) is 11.1. The summed E-state index contributed by atoms with van der Waals surface area (Å²) in [5.41, 5.74) is 0. The third-order valence-electron chi connectivity index (χ3n) is 4.62. The van der Waals surface area contributed by atoms with Crippen molar-refractivity contribution < 1.29 is 19.0 Å². The number of rotatable bonds is 11. The molecule has 1 heterocycles. The van der Waals surface area contributed by atoms with Gasteiger partial charge in [-0.05, 0) is 33.1 Å². The molecule has 0 saturated carbocycles. The van der Waals surface area contributed by atoms with Crippen molar-refractivity contribution in [1.29, 1.82) is 0 Å². The highest BCUT2D eigenvalue weighted by Crippen LogP contribution is 2.32. The molecule has 0 aromatic carbocycles. The number of ether oxygens (including phenoxy) is 3. The number of unbranched alkanes of at least 4 members (excludes halogenated alkanes) is 4. The molecule has 0 unspecified atom stereocenters. The molecule has 1 aliphatic rings. The van der Waals surface area contributed by atoms with E-state index in [-0.39, 0.29) is 18.2 Å². The second-order valence-corrected chi connectivity index (χ2v) is 9.36. The van der Waals surface area contributed by atoms with Crippen LogP contribution in [-0.4, -0.2) is 35.0 Å². The molecule has 0 spiro atoms. The zero-order valence-corrected chi connectivity index (χ0v) is 20.6. The molecule has 0 N–H and O–H groups in total. The number of allylic oxidation sites excluding steroid dienone is 3. The van der Waals surface area contributed by atoms with Crippen molar-refractivity contribution in [3.05, 3.63) is 24.3 Å². The molecule has 1 saturated heterocycles. The fourth-order valence-electron chi connectivity index (χ4n) is 3.11. The van der Waals surface area contributed by atoms with Crippen LogP contribution >= 0.6 is 22.6 Å². The standard InChI is InChI=1S/C24H37IO4/c1-5-6-7-8-9-10-13-16-20-19-22(29-24(2,3)28-20)21(25)17-14-11-12-15-18-23(26)27-4/h9-10,13,16,20-22H,5-8,12,15,17-19H2,1-4H3/b10-9+,16-13+/t20-,21-,22-/m0/s1. The molecule has 0 amide bonds. The number of methoxy groups -OCH3 is 1. The van der Waals surface area contributed by atoms with Gasteiger partial charge in [0, 0.05) is 29.6 Å². The molecule has 1 aliphatic heterocycles. The molecule has 0 bridgehead atoms. The highest BCUT2D eigenvalue weighted by atomic mass is 127. The molecule has 0 radical (unpaired) electrons. The van der Waals surface area contributed by atoms with E-state index in [2.05, 4.69) is 70.4 Å². The van der Waals surface area contributed by atoms with E-state index in [0.717, 1.165) is 25.7 Å². The van der Waals surface area contributed by atoms with Gasteiger partial charge in [-0.15, -0.1) is 11.8 Å². The molecular formula is C24H37IO4. The van der Waals surface area contributed by atoms with Crippen LogP contribution in [0, 0.1) is 11.8 Å². The Bertz CT molecular complexity index is 585. The van der Waals surface area contributed by atoms with Crippen LogP contribution in [0.3, 0.4) is 0 Å². The Balaban J connectivity index is 2.45. The second kappa shape index (κ2) is 15.0. The number of halogens is 1. The molecule has 164 valence electrons. The normalized spacial score (nSPS) is 22.4. The Morgan fingerprint density at radius 3 is 2.76 bits per heavy atom. The van der Waals surface area contributed by atoms with Crippen molar-refractivity contribution in [1.82, 2.24) is 0 Å². The topological polar surface area (TPSA) is 44.8 Å². The molecule has 5 heteroatoms. The summed E-state index contributed by atoms with van der Waals surface area (Å²) in [6.07, 6.45) is 17.2. The first-order valence-corrected chi connectivity index (χ1v) is 12.0. The molecule has 0 aromatic rings. The van der Waals surface area contributed by atoms with Gasteiger partial charge in [0.15, 0.2) is 5.79 Å². The summed E-state index contributed by atoms with van der Waals surface area (Å²) in [6, 6.07) is 0. The van der Waals surface area contributed by atoms with Gasteiger partial charge in [0.25, 0.3) is 0 Å². The number of carbonyl (C=O) groups excluding carboxylic acids is 1. The van der Waals surface area contributed by atoms with Crippen molar-refractivity contribution in [3.63, 3.8) is 0 Å². The molecule has 0 aromatic heterocycles. The quantitative estimate of drug-likeness (QED) is 0.0828. The lowest BCUT2D eigenvalue weighted by atomic mass is 10.0. The number of hydrogen-bond donors (Lipinski definition) is 0. The van der Waals surface area contributed by atoms with Crippen LogP contribution in [0.2, 0.25) is 0 Å². The summed E-state index contributed by atoms with van der Waals surface area (Å²) in [5.74, 6) is 5.62. The van der Waals surface area contributed by atoms with E-state index in [1.807, 2.05) is 13.8 Å². The highest BCUT2D eigenvalue weighted by Gasteiger charge is 2.37. The minimum Gasteiger partial charge on any atom is -0.469 e. The number of carbonyl (C=O) groups is 1. The summed E-state index contributed by atoms with van der Waals surface area (Å²) < 4.78 is 17.1. The van der Waals surface area contributed by atoms with E-state index in [4.69, 9.17) is 9.47 Å². The van der Waals surface area contributed by atoms with Gasteiger partial charge >= 0.3 is 5.97 Å². The fraction of sp³-hybridized carbons (Fsp3) is 0.708. The van der Waals surface area contributed by atoms with Crippen LogP contribution in [0.15, 0.2) is 24.3 Å². The predicted molar refractivity (Wildman–Crippen MR) is 127 cm³/mol. The number of esters is 1. The largest absolute Gasteiger partial charge is 0.469 e. The highest BCUT2D eigenvalue weighted by molar-refractivity contribution is 14.1. The molecule has 1 rings (SSSR count). The van der Waals surface area contributed by atoms with Crippen LogP contribution in [0.1, 0.15) is 78.6 Å². The zero-order valence-electron chi connectivity index (χ0n) is 18.4. The first-order valence-electron chi connectivity index (χ1n) is 10.7. The lowest BCUT2D eigenvalue weighted by Crippen LogP contribution is -2.47. The lowest BCUT2D eigenvalue weighted by molar-refractivity contribution is -0.288. The van der Waals surface area contributed by atoms with Gasteiger partial charge in [-0.1, -0.05) is 66.7 Å². The fourth-order valence-corrected chi connectivity index (χ4v) is 3.77. The molecule has 29 heavy (non-hydrogen) atoms. The van der Waals surface area contributed by atoms with Crippen LogP contribution in [0.25, 0.3) is 0 Å². The van der Waals surface area contributed by atoms with E-state index in [9.17, 15) is 4.79 Å². The zero-order chi connectivity index (χ0) is 21.5. The van der Waals surface area contributed by atoms with Crippen molar-refractivity contribution in [3.8, 4) is 11.8 Å². The minimum atomic E-state index is -0.597. The minimum absolute atomic E-state index is 0.0503. The van der Waals surface area contributed by atoms with Gasteiger partial charge in [0.05, 0.1) is 19.3 Å². The second-order valence-electron chi connectivity index (χ2n) is 7.76. The summed E-state index contributed by atoms with van der Waals surface area (Å²) in [7, 11) is 1.41. The van der Waals surface area contributed by atoms with Crippen molar-refractivity contribution in [2.75, 3.05) is 7.11 Å². The molecule has 0 aliphatic carbocycles. The maximum atomic E-state index is 11.1. The van der Waals surface area contributed by atoms with Crippen LogP contribution in [0.5, 0.6) is 0 Å². The SMILES string of the molecule is CCCCC/C=C/C=C/[C@H]1C[C@@H]([C@@H](I)CC#CCCCC(=O)OC)OC(C)(C)O1. The maximum Gasteiger partial charge on any atom is 0.305 e. The summed E-state index contributed by atoms with van der Waals surface area (Å²) >= 11 is 2.43. The van der Waals surface area contributed by atoms with Gasteiger partial charge in [-0.3, -0.25) is 4.79 Å². The van der Waals surface area contributed by atoms with E-state index >= 15 is 0 Å². The predicted octanol–water partition coefficient (Wildman–Crippen LogP) is 6.13. The van der Waals surface area contributed by atoms with E-state index in [1.165, 1.54) is 26.4 Å². The summed E-state index contributed by atoms with van der Waals surface area (Å²) in [6.45, 7) is 6.17. The molecule has 4 nitrogen and oxygen atoms in total. The van der Waals surface area contributed by atoms with E-state index in [1.54, 1.807) is 0 Å². The van der Waals surface area contributed by atoms with Crippen LogP contribution < -0.4 is 0 Å². The Hall–Kier alpha value is -0.840. The van der Waals surface area contributed by atoms with Gasteiger partial charge < -0.3 is 14.2 Å². The van der Waals surface area contributed by atoms with Gasteiger partial charge in [0.2, 0.25) is 0 Å². The Kier molecular flexibility index (Phi) is 13.6. The third-order valence-corrected chi connectivity index (χ3v) is 5.86. The third kappa shape index (κ3) is 12.5. The number of alkyl halides is 1. The first kappa shape index (κ1) is 26.2. The molecule has 1 fully saturated rings. The maximum absolute atomic E-state index is 11.1. The molecule has 3 atom stereocenters. The summed E-state index contributed by atoms with van der Waals surface area (Å²) in [5, 5.41) is 0. The van der Waals surface area contributed by atoms with Crippen LogP contribution in [0.4, 0.5) is 0 Å². The van der Waals surface area contributed by atoms with Crippen molar-refractivity contribution >= 4 is 28.6 Å². The average molecular weight is 516 g/mol. The Morgan fingerprint density at radius 1 is 1.24 bits per heavy atom. The Morgan fingerprint density at radius 2 is 2.03 bits per heavy atom. The molecular weight excluding hydrogens is 479 g/mol. The van der Waals surface area contributed by atoms with Crippen LogP contribution in [-0.2, 0) is 19.0 Å². The number of hydrogen-bond acceptors (Lipinski definition) is 4. The van der Waals surface area contributed by atoms with Gasteiger partial charge in [0.1, 0.15) is 0 Å². The van der Waals surface area contributed by atoms with Gasteiger partial charge in [-0.2, -0.15) is 0 Å². The average Bonchev–Trinajstić information content (AvgIpc) is 2.68. The lowest BCUT2D eigenvalue weighted by Gasteiger charge is -2.41. The first-order chi connectivity index (χ1) is 13.9. The van der Waals surface area contributed by atoms with Gasteiger partial charge in [-0.25, -0.2) is 0 Å². The van der Waals surface area contributed by atoms with E-state index < -0.39 is 5.79 Å². The Labute approximate surface area is 191 Å². The monoisotopic (exact) mass is 516 g/mol. The smallest absolute Gasteiger partial charge is 0.305 e. The van der Waals surface area contributed by atoms with E-state index in [0.29, 0.717) is 16.8 Å².